The highest BCUT2D eigenvalue weighted by Crippen LogP contribution is 2.08. The van der Waals surface area contributed by atoms with Gasteiger partial charge in [0.1, 0.15) is 5.76 Å². The first-order valence-corrected chi connectivity index (χ1v) is 6.13. The summed E-state index contributed by atoms with van der Waals surface area (Å²) in [6, 6.07) is 3.54. The Labute approximate surface area is 101 Å². The number of amides is 1. The molecule has 0 aliphatic heterocycles. The minimum absolute atomic E-state index is 0.152. The SMILES string of the molecule is CCc1ccc(C(=O)NCC(C)CCCl)o1. The molecule has 16 heavy (non-hydrogen) atoms. The smallest absolute Gasteiger partial charge is 0.287 e. The van der Waals surface area contributed by atoms with Crippen LogP contribution in [0, 0.1) is 5.92 Å². The minimum Gasteiger partial charge on any atom is -0.456 e. The second-order valence-electron chi connectivity index (χ2n) is 3.91. The van der Waals surface area contributed by atoms with Crippen LogP contribution in [0.1, 0.15) is 36.6 Å². The second-order valence-corrected chi connectivity index (χ2v) is 4.29. The van der Waals surface area contributed by atoms with E-state index in [1.165, 1.54) is 0 Å². The van der Waals surface area contributed by atoms with Crippen LogP contribution in [0.2, 0.25) is 0 Å². The van der Waals surface area contributed by atoms with Crippen LogP contribution in [0.3, 0.4) is 0 Å². The third kappa shape index (κ3) is 3.89. The summed E-state index contributed by atoms with van der Waals surface area (Å²) in [5, 5.41) is 2.83. The quantitative estimate of drug-likeness (QED) is 0.781. The Bertz CT molecular complexity index is 336. The number of halogens is 1. The van der Waals surface area contributed by atoms with E-state index in [4.69, 9.17) is 16.0 Å². The lowest BCUT2D eigenvalue weighted by molar-refractivity contribution is 0.0918. The van der Waals surface area contributed by atoms with Crippen LogP contribution < -0.4 is 5.32 Å². The molecular weight excluding hydrogens is 226 g/mol. The van der Waals surface area contributed by atoms with Gasteiger partial charge in [-0.2, -0.15) is 0 Å². The fourth-order valence-electron chi connectivity index (χ4n) is 1.33. The molecule has 3 nitrogen and oxygen atoms in total. The Hall–Kier alpha value is -0.960. The Morgan fingerprint density at radius 1 is 1.56 bits per heavy atom. The van der Waals surface area contributed by atoms with E-state index in [9.17, 15) is 4.79 Å². The average molecular weight is 244 g/mol. The number of alkyl halides is 1. The summed E-state index contributed by atoms with van der Waals surface area (Å²) in [5.41, 5.74) is 0. The molecule has 4 heteroatoms. The van der Waals surface area contributed by atoms with Gasteiger partial charge < -0.3 is 9.73 Å². The molecule has 0 bridgehead atoms. The van der Waals surface area contributed by atoms with Gasteiger partial charge in [-0.3, -0.25) is 4.79 Å². The van der Waals surface area contributed by atoms with E-state index in [-0.39, 0.29) is 5.91 Å². The molecule has 0 spiro atoms. The molecular formula is C12H18ClNO2. The van der Waals surface area contributed by atoms with Crippen LogP contribution in [0.25, 0.3) is 0 Å². The molecule has 0 saturated carbocycles. The van der Waals surface area contributed by atoms with Crippen molar-refractivity contribution >= 4 is 17.5 Å². The highest BCUT2D eigenvalue weighted by Gasteiger charge is 2.11. The van der Waals surface area contributed by atoms with Gasteiger partial charge in [0, 0.05) is 18.8 Å². The van der Waals surface area contributed by atoms with Crippen molar-refractivity contribution in [1.29, 1.82) is 0 Å². The molecule has 0 saturated heterocycles. The summed E-state index contributed by atoms with van der Waals surface area (Å²) in [6.07, 6.45) is 1.70. The van der Waals surface area contributed by atoms with Gasteiger partial charge in [-0.25, -0.2) is 0 Å². The zero-order valence-electron chi connectivity index (χ0n) is 9.75. The summed E-state index contributed by atoms with van der Waals surface area (Å²) in [5.74, 6) is 2.08. The Morgan fingerprint density at radius 3 is 2.88 bits per heavy atom. The van der Waals surface area contributed by atoms with E-state index in [0.717, 1.165) is 18.6 Å². The lowest BCUT2D eigenvalue weighted by atomic mass is 10.1. The van der Waals surface area contributed by atoms with Crippen LogP contribution in [0.5, 0.6) is 0 Å². The highest BCUT2D eigenvalue weighted by atomic mass is 35.5. The van der Waals surface area contributed by atoms with Gasteiger partial charge in [-0.1, -0.05) is 13.8 Å². The molecule has 0 radical (unpaired) electrons. The molecule has 1 N–H and O–H groups in total. The number of carbonyl (C=O) groups is 1. The van der Waals surface area contributed by atoms with Crippen LogP contribution in [0.4, 0.5) is 0 Å². The minimum atomic E-state index is -0.152. The number of aryl methyl sites for hydroxylation is 1. The maximum Gasteiger partial charge on any atom is 0.287 e. The van der Waals surface area contributed by atoms with Crippen molar-refractivity contribution in [2.75, 3.05) is 12.4 Å². The maximum atomic E-state index is 11.6. The van der Waals surface area contributed by atoms with Crippen molar-refractivity contribution in [3.05, 3.63) is 23.7 Å². The van der Waals surface area contributed by atoms with Gasteiger partial charge in [0.05, 0.1) is 0 Å². The van der Waals surface area contributed by atoms with E-state index in [1.54, 1.807) is 6.07 Å². The molecule has 0 fully saturated rings. The maximum absolute atomic E-state index is 11.6. The zero-order chi connectivity index (χ0) is 12.0. The van der Waals surface area contributed by atoms with E-state index >= 15 is 0 Å². The Morgan fingerprint density at radius 2 is 2.31 bits per heavy atom. The van der Waals surface area contributed by atoms with E-state index in [1.807, 2.05) is 13.0 Å². The molecule has 0 aliphatic rings. The first-order chi connectivity index (χ1) is 7.67. The Kier molecular flexibility index (Phi) is 5.39. The summed E-state index contributed by atoms with van der Waals surface area (Å²) < 4.78 is 5.35. The molecule has 1 aromatic rings. The summed E-state index contributed by atoms with van der Waals surface area (Å²) in [6.45, 7) is 4.68. The third-order valence-corrected chi connectivity index (χ3v) is 2.67. The van der Waals surface area contributed by atoms with Crippen molar-refractivity contribution in [3.8, 4) is 0 Å². The normalized spacial score (nSPS) is 12.4. The largest absolute Gasteiger partial charge is 0.456 e. The molecule has 0 aromatic carbocycles. The average Bonchev–Trinajstić information content (AvgIpc) is 2.75. The molecule has 1 atom stereocenters. The van der Waals surface area contributed by atoms with E-state index in [0.29, 0.717) is 24.1 Å². The Balaban J connectivity index is 2.40. The fraction of sp³-hybridized carbons (Fsp3) is 0.583. The molecule has 1 aromatic heterocycles. The van der Waals surface area contributed by atoms with Gasteiger partial charge in [0.25, 0.3) is 5.91 Å². The fourth-order valence-corrected chi connectivity index (χ4v) is 1.70. The van der Waals surface area contributed by atoms with Gasteiger partial charge in [-0.15, -0.1) is 11.6 Å². The van der Waals surface area contributed by atoms with Gasteiger partial charge in [0.15, 0.2) is 5.76 Å². The first kappa shape index (κ1) is 13.1. The molecule has 1 heterocycles. The highest BCUT2D eigenvalue weighted by molar-refractivity contribution is 6.17. The molecule has 1 rings (SSSR count). The molecule has 90 valence electrons. The van der Waals surface area contributed by atoms with Crippen molar-refractivity contribution in [3.63, 3.8) is 0 Å². The van der Waals surface area contributed by atoms with E-state index < -0.39 is 0 Å². The standard InChI is InChI=1S/C12H18ClNO2/c1-3-10-4-5-11(16-10)12(15)14-8-9(2)6-7-13/h4-5,9H,3,6-8H2,1-2H3,(H,14,15). The molecule has 1 amide bonds. The lowest BCUT2D eigenvalue weighted by Gasteiger charge is -2.09. The molecule has 0 aliphatic carbocycles. The van der Waals surface area contributed by atoms with Crippen LogP contribution in [0.15, 0.2) is 16.5 Å². The van der Waals surface area contributed by atoms with Crippen molar-refractivity contribution in [2.24, 2.45) is 5.92 Å². The number of hydrogen-bond donors (Lipinski definition) is 1. The number of carbonyl (C=O) groups excluding carboxylic acids is 1. The van der Waals surface area contributed by atoms with Crippen LogP contribution in [-0.2, 0) is 6.42 Å². The van der Waals surface area contributed by atoms with Crippen molar-refractivity contribution < 1.29 is 9.21 Å². The van der Waals surface area contributed by atoms with Gasteiger partial charge in [-0.05, 0) is 24.5 Å². The van der Waals surface area contributed by atoms with E-state index in [2.05, 4.69) is 12.2 Å². The van der Waals surface area contributed by atoms with Gasteiger partial charge in [0.2, 0.25) is 0 Å². The predicted molar refractivity (Wildman–Crippen MR) is 64.9 cm³/mol. The first-order valence-electron chi connectivity index (χ1n) is 5.60. The topological polar surface area (TPSA) is 42.2 Å². The van der Waals surface area contributed by atoms with Gasteiger partial charge >= 0.3 is 0 Å². The summed E-state index contributed by atoms with van der Waals surface area (Å²) in [4.78, 5) is 11.6. The van der Waals surface area contributed by atoms with Crippen molar-refractivity contribution in [2.45, 2.75) is 26.7 Å². The number of hydrogen-bond acceptors (Lipinski definition) is 2. The summed E-state index contributed by atoms with van der Waals surface area (Å²) in [7, 11) is 0. The van der Waals surface area contributed by atoms with Crippen molar-refractivity contribution in [1.82, 2.24) is 5.32 Å². The second kappa shape index (κ2) is 6.59. The monoisotopic (exact) mass is 243 g/mol. The van der Waals surface area contributed by atoms with Crippen LogP contribution in [-0.4, -0.2) is 18.3 Å². The lowest BCUT2D eigenvalue weighted by Crippen LogP contribution is -2.28. The number of furan rings is 1. The zero-order valence-corrected chi connectivity index (χ0v) is 10.5. The summed E-state index contributed by atoms with van der Waals surface area (Å²) >= 11 is 5.62. The number of rotatable bonds is 6. The molecule has 1 unspecified atom stereocenters. The van der Waals surface area contributed by atoms with Crippen LogP contribution >= 0.6 is 11.6 Å². The third-order valence-electron chi connectivity index (χ3n) is 2.45. The number of nitrogens with one attached hydrogen (secondary N) is 1. The predicted octanol–water partition coefficient (Wildman–Crippen LogP) is 2.84.